The Hall–Kier alpha value is -1.06. The van der Waals surface area contributed by atoms with Crippen LogP contribution in [0.3, 0.4) is 0 Å². The van der Waals surface area contributed by atoms with Crippen molar-refractivity contribution in [3.05, 3.63) is 0 Å². The van der Waals surface area contributed by atoms with Gasteiger partial charge in [0.05, 0.1) is 11.9 Å². The molecule has 1 atom stereocenters. The van der Waals surface area contributed by atoms with Gasteiger partial charge in [0.2, 0.25) is 5.91 Å². The van der Waals surface area contributed by atoms with Gasteiger partial charge in [-0.05, 0) is 19.3 Å². The van der Waals surface area contributed by atoms with Gasteiger partial charge in [-0.2, -0.15) is 0 Å². The van der Waals surface area contributed by atoms with Crippen LogP contribution >= 0.6 is 0 Å². The van der Waals surface area contributed by atoms with Crippen molar-refractivity contribution >= 4 is 11.7 Å². The zero-order valence-electron chi connectivity index (χ0n) is 8.57. The zero-order chi connectivity index (χ0) is 10.1. The molecule has 14 heavy (non-hydrogen) atoms. The summed E-state index contributed by atoms with van der Waals surface area (Å²) in [4.78, 5) is 17.4. The second-order valence-electron chi connectivity index (χ2n) is 4.29. The van der Waals surface area contributed by atoms with Gasteiger partial charge in [0.1, 0.15) is 0 Å². The molecule has 1 unspecified atom stereocenters. The molecule has 4 nitrogen and oxygen atoms in total. The van der Waals surface area contributed by atoms with Crippen LogP contribution in [0.25, 0.3) is 0 Å². The van der Waals surface area contributed by atoms with E-state index >= 15 is 0 Å². The van der Waals surface area contributed by atoms with Crippen LogP contribution in [-0.2, 0) is 4.79 Å². The molecule has 0 aromatic rings. The molecule has 4 heteroatoms. The first-order chi connectivity index (χ1) is 6.66. The van der Waals surface area contributed by atoms with Gasteiger partial charge >= 0.3 is 0 Å². The number of nitrogens with two attached hydrogens (primary N) is 1. The van der Waals surface area contributed by atoms with Crippen molar-refractivity contribution in [1.29, 1.82) is 0 Å². The van der Waals surface area contributed by atoms with E-state index in [9.17, 15) is 4.79 Å². The molecule has 1 heterocycles. The number of piperidine rings is 1. The zero-order valence-corrected chi connectivity index (χ0v) is 8.57. The predicted molar refractivity (Wildman–Crippen MR) is 55.0 cm³/mol. The molecular formula is C10H17N3O. The normalized spacial score (nSPS) is 29.5. The van der Waals surface area contributed by atoms with Gasteiger partial charge in [-0.15, -0.1) is 0 Å². The number of amidine groups is 1. The van der Waals surface area contributed by atoms with Crippen molar-refractivity contribution < 1.29 is 4.79 Å². The van der Waals surface area contributed by atoms with Crippen LogP contribution in [0.2, 0.25) is 0 Å². The van der Waals surface area contributed by atoms with Crippen LogP contribution in [0.1, 0.15) is 25.7 Å². The van der Waals surface area contributed by atoms with E-state index in [1.165, 1.54) is 12.8 Å². The fourth-order valence-corrected chi connectivity index (χ4v) is 1.79. The molecule has 0 aromatic heterocycles. The number of likely N-dealkylation sites (N-methyl/N-ethyl adjacent to an activating group) is 1. The lowest BCUT2D eigenvalue weighted by Gasteiger charge is -2.27. The third-order valence-corrected chi connectivity index (χ3v) is 2.93. The Morgan fingerprint density at radius 2 is 2.21 bits per heavy atom. The van der Waals surface area contributed by atoms with E-state index < -0.39 is 0 Å². The third kappa shape index (κ3) is 2.05. The Bertz CT molecular complexity index is 271. The van der Waals surface area contributed by atoms with E-state index in [2.05, 4.69) is 4.99 Å². The van der Waals surface area contributed by atoms with E-state index in [1.807, 2.05) is 7.05 Å². The average Bonchev–Trinajstić information content (AvgIpc) is 2.94. The molecule has 1 aliphatic carbocycles. The Labute approximate surface area is 84.2 Å². The molecule has 0 bridgehead atoms. The third-order valence-electron chi connectivity index (χ3n) is 2.93. The Morgan fingerprint density at radius 3 is 2.79 bits per heavy atom. The van der Waals surface area contributed by atoms with Gasteiger partial charge in [0, 0.05) is 25.9 Å². The van der Waals surface area contributed by atoms with E-state index in [0.717, 1.165) is 18.8 Å². The molecule has 2 aliphatic rings. The van der Waals surface area contributed by atoms with Crippen molar-refractivity contribution in [2.75, 3.05) is 13.6 Å². The minimum absolute atomic E-state index is 0.224. The molecule has 0 radical (unpaired) electrons. The minimum atomic E-state index is 0.224. The van der Waals surface area contributed by atoms with Gasteiger partial charge in [-0.1, -0.05) is 0 Å². The van der Waals surface area contributed by atoms with E-state index in [1.54, 1.807) is 4.90 Å². The summed E-state index contributed by atoms with van der Waals surface area (Å²) < 4.78 is 0. The quantitative estimate of drug-likeness (QED) is 0.511. The van der Waals surface area contributed by atoms with E-state index in [4.69, 9.17) is 5.73 Å². The highest BCUT2D eigenvalue weighted by Gasteiger charge is 2.28. The van der Waals surface area contributed by atoms with E-state index in [0.29, 0.717) is 12.3 Å². The van der Waals surface area contributed by atoms with Gasteiger partial charge in [-0.3, -0.25) is 9.79 Å². The number of carbonyl (C=O) groups is 1. The molecule has 1 saturated carbocycles. The summed E-state index contributed by atoms with van der Waals surface area (Å²) in [5.41, 5.74) is 5.84. The molecule has 1 amide bonds. The highest BCUT2D eigenvalue weighted by molar-refractivity contribution is 5.85. The lowest BCUT2D eigenvalue weighted by Crippen LogP contribution is -2.39. The highest BCUT2D eigenvalue weighted by atomic mass is 16.2. The molecule has 2 fully saturated rings. The topological polar surface area (TPSA) is 58.7 Å². The molecule has 0 aromatic carbocycles. The second kappa shape index (κ2) is 3.59. The lowest BCUT2D eigenvalue weighted by molar-refractivity contribution is -0.132. The smallest absolute Gasteiger partial charge is 0.222 e. The fraction of sp³-hybridized carbons (Fsp3) is 0.800. The van der Waals surface area contributed by atoms with Crippen LogP contribution in [0, 0.1) is 5.92 Å². The van der Waals surface area contributed by atoms with Crippen molar-refractivity contribution in [2.24, 2.45) is 16.6 Å². The Balaban J connectivity index is 1.92. The number of nitrogens with zero attached hydrogens (tertiary/aromatic N) is 2. The number of aliphatic imine (C=N–C) groups is 1. The second-order valence-corrected chi connectivity index (χ2v) is 4.29. The van der Waals surface area contributed by atoms with Gasteiger partial charge in [0.25, 0.3) is 0 Å². The van der Waals surface area contributed by atoms with Crippen LogP contribution < -0.4 is 5.73 Å². The summed E-state index contributed by atoms with van der Waals surface area (Å²) in [6, 6.07) is 0.235. The summed E-state index contributed by atoms with van der Waals surface area (Å²) in [5, 5.41) is 0. The molecule has 1 saturated heterocycles. The van der Waals surface area contributed by atoms with Crippen LogP contribution in [0.4, 0.5) is 0 Å². The summed E-state index contributed by atoms with van der Waals surface area (Å²) in [6.45, 7) is 0.728. The lowest BCUT2D eigenvalue weighted by atomic mass is 10.1. The van der Waals surface area contributed by atoms with Crippen molar-refractivity contribution in [1.82, 2.24) is 4.90 Å². The first kappa shape index (κ1) is 9.49. The van der Waals surface area contributed by atoms with Crippen LogP contribution in [-0.4, -0.2) is 36.3 Å². The number of amides is 1. The molecule has 78 valence electrons. The standard InChI is InChI=1S/C10H17N3O/c1-13-6-8(4-5-9(13)14)12-10(11)7-2-3-7/h7-8H,2-6H2,1H3,(H2,11,12). The number of hydrogen-bond donors (Lipinski definition) is 1. The van der Waals surface area contributed by atoms with Gasteiger partial charge in [0.15, 0.2) is 0 Å². The molecule has 1 aliphatic heterocycles. The maximum Gasteiger partial charge on any atom is 0.222 e. The van der Waals surface area contributed by atoms with Crippen molar-refractivity contribution in [2.45, 2.75) is 31.7 Å². The molecule has 0 spiro atoms. The van der Waals surface area contributed by atoms with Gasteiger partial charge in [-0.25, -0.2) is 0 Å². The summed E-state index contributed by atoms with van der Waals surface area (Å²) in [6.07, 6.45) is 3.85. The Morgan fingerprint density at radius 1 is 1.50 bits per heavy atom. The maximum absolute atomic E-state index is 11.2. The molecule has 2 rings (SSSR count). The number of hydrogen-bond acceptors (Lipinski definition) is 2. The van der Waals surface area contributed by atoms with Gasteiger partial charge < -0.3 is 10.6 Å². The largest absolute Gasteiger partial charge is 0.387 e. The Kier molecular flexibility index (Phi) is 2.44. The summed E-state index contributed by atoms with van der Waals surface area (Å²) in [5.74, 6) is 1.57. The molecule has 2 N–H and O–H groups in total. The fourth-order valence-electron chi connectivity index (χ4n) is 1.79. The predicted octanol–water partition coefficient (Wildman–Crippen LogP) is 0.374. The highest BCUT2D eigenvalue weighted by Crippen LogP contribution is 2.29. The molecular weight excluding hydrogens is 178 g/mol. The number of rotatable bonds is 2. The van der Waals surface area contributed by atoms with Crippen molar-refractivity contribution in [3.8, 4) is 0 Å². The maximum atomic E-state index is 11.2. The summed E-state index contributed by atoms with van der Waals surface area (Å²) >= 11 is 0. The first-order valence-corrected chi connectivity index (χ1v) is 5.24. The van der Waals surface area contributed by atoms with Crippen LogP contribution in [0.5, 0.6) is 0 Å². The average molecular weight is 195 g/mol. The summed E-state index contributed by atoms with van der Waals surface area (Å²) in [7, 11) is 1.83. The monoisotopic (exact) mass is 195 g/mol. The minimum Gasteiger partial charge on any atom is -0.387 e. The first-order valence-electron chi connectivity index (χ1n) is 5.24. The number of likely N-dealkylation sites (tertiary alicyclic amines) is 1. The SMILES string of the molecule is CN1CC(N=C(N)C2CC2)CCC1=O. The van der Waals surface area contributed by atoms with Crippen LogP contribution in [0.15, 0.2) is 4.99 Å². The number of carbonyl (C=O) groups excluding carboxylic acids is 1. The van der Waals surface area contributed by atoms with E-state index in [-0.39, 0.29) is 11.9 Å². The van der Waals surface area contributed by atoms with Crippen molar-refractivity contribution in [3.63, 3.8) is 0 Å².